The molecule has 0 bridgehead atoms. The fourth-order valence-electron chi connectivity index (χ4n) is 3.25. The first-order valence-corrected chi connectivity index (χ1v) is 9.79. The van der Waals surface area contributed by atoms with E-state index in [0.29, 0.717) is 11.0 Å². The van der Waals surface area contributed by atoms with Gasteiger partial charge in [-0.1, -0.05) is 41.6 Å². The number of nitrogens with zero attached hydrogens (tertiary/aromatic N) is 2. The van der Waals surface area contributed by atoms with E-state index in [0.717, 1.165) is 33.7 Å². The molecule has 2 aromatic heterocycles. The molecule has 27 heavy (non-hydrogen) atoms. The Hall–Kier alpha value is -2.79. The zero-order valence-electron chi connectivity index (χ0n) is 15.5. The van der Waals surface area contributed by atoms with E-state index in [4.69, 9.17) is 4.42 Å². The molecule has 4 aromatic rings. The van der Waals surface area contributed by atoms with Crippen LogP contribution in [0.3, 0.4) is 0 Å². The maximum absolute atomic E-state index is 12.8. The molecule has 0 amide bonds. The highest BCUT2D eigenvalue weighted by atomic mass is 32.2. The van der Waals surface area contributed by atoms with E-state index in [-0.39, 0.29) is 5.78 Å². The van der Waals surface area contributed by atoms with E-state index in [1.165, 1.54) is 17.3 Å². The van der Waals surface area contributed by atoms with E-state index in [9.17, 15) is 4.79 Å². The molecule has 0 N–H and O–H groups in total. The van der Waals surface area contributed by atoms with Crippen molar-refractivity contribution in [2.75, 3.05) is 5.75 Å². The minimum absolute atomic E-state index is 0.0775. The number of hydrogen-bond acceptors (Lipinski definition) is 4. The molecular weight excluding hydrogens is 356 g/mol. The number of carbonyl (C=O) groups is 1. The van der Waals surface area contributed by atoms with Gasteiger partial charge in [0.2, 0.25) is 0 Å². The lowest BCUT2D eigenvalue weighted by Crippen LogP contribution is -2.05. The van der Waals surface area contributed by atoms with Gasteiger partial charge >= 0.3 is 0 Å². The van der Waals surface area contributed by atoms with Crippen molar-refractivity contribution in [1.82, 2.24) is 9.55 Å². The van der Waals surface area contributed by atoms with Gasteiger partial charge in [-0.15, -0.1) is 0 Å². The van der Waals surface area contributed by atoms with Crippen molar-refractivity contribution in [3.8, 4) is 5.69 Å². The molecule has 0 radical (unpaired) electrons. The molecule has 0 spiro atoms. The normalized spacial score (nSPS) is 11.2. The lowest BCUT2D eigenvalue weighted by atomic mass is 10.2. The first-order valence-electron chi connectivity index (χ1n) is 8.80. The Morgan fingerprint density at radius 3 is 2.56 bits per heavy atom. The Morgan fingerprint density at radius 2 is 1.81 bits per heavy atom. The van der Waals surface area contributed by atoms with Gasteiger partial charge in [-0.25, -0.2) is 4.98 Å². The monoisotopic (exact) mass is 376 g/mol. The minimum atomic E-state index is 0.0775. The van der Waals surface area contributed by atoms with Crippen LogP contribution in [0.5, 0.6) is 0 Å². The second-order valence-corrected chi connectivity index (χ2v) is 7.54. The predicted molar refractivity (Wildman–Crippen MR) is 109 cm³/mol. The smallest absolute Gasteiger partial charge is 0.257 e. The van der Waals surface area contributed by atoms with Crippen LogP contribution < -0.4 is 0 Å². The zero-order valence-corrected chi connectivity index (χ0v) is 16.3. The summed E-state index contributed by atoms with van der Waals surface area (Å²) in [5.41, 5.74) is 6.59. The molecule has 0 aliphatic heterocycles. The van der Waals surface area contributed by atoms with Gasteiger partial charge < -0.3 is 8.98 Å². The fraction of sp³-hybridized carbons (Fsp3) is 0.182. The number of Topliss-reactive ketones (excluding diaryl/α,β-unsaturated/α-hetero) is 1. The Labute approximate surface area is 162 Å². The molecule has 0 atom stereocenters. The number of ketones is 1. The van der Waals surface area contributed by atoms with Crippen LogP contribution >= 0.6 is 11.8 Å². The number of carbonyl (C=O) groups excluding carboxylic acids is 1. The van der Waals surface area contributed by atoms with Crippen molar-refractivity contribution in [3.05, 3.63) is 77.1 Å². The average molecular weight is 376 g/mol. The van der Waals surface area contributed by atoms with Crippen LogP contribution in [0, 0.1) is 20.8 Å². The summed E-state index contributed by atoms with van der Waals surface area (Å²) < 4.78 is 7.81. The highest BCUT2D eigenvalue weighted by molar-refractivity contribution is 7.99. The van der Waals surface area contributed by atoms with Crippen LogP contribution in [-0.4, -0.2) is 21.1 Å². The van der Waals surface area contributed by atoms with Gasteiger partial charge in [0.15, 0.2) is 11.4 Å². The standard InChI is InChI=1S/C22H20N2O2S/c1-14-8-10-17(11-9-14)24-15(2)12-18(16(24)3)20(25)13-27-22-23-19-6-4-5-7-21(19)26-22/h4-12H,13H2,1-3H3. The number of benzene rings is 2. The molecule has 0 saturated carbocycles. The third kappa shape index (κ3) is 3.43. The Balaban J connectivity index is 1.55. The summed E-state index contributed by atoms with van der Waals surface area (Å²) in [6.45, 7) is 6.08. The lowest BCUT2D eigenvalue weighted by Gasteiger charge is -2.10. The number of rotatable bonds is 5. The van der Waals surface area contributed by atoms with Crippen LogP contribution in [0.2, 0.25) is 0 Å². The minimum Gasteiger partial charge on any atom is -0.431 e. The van der Waals surface area contributed by atoms with Gasteiger partial charge in [0.25, 0.3) is 5.22 Å². The molecule has 136 valence electrons. The number of thioether (sulfide) groups is 1. The molecule has 0 fully saturated rings. The maximum Gasteiger partial charge on any atom is 0.257 e. The molecule has 0 aliphatic carbocycles. The Morgan fingerprint density at radius 1 is 1.07 bits per heavy atom. The number of oxazole rings is 1. The molecule has 0 aliphatic rings. The largest absolute Gasteiger partial charge is 0.431 e. The zero-order chi connectivity index (χ0) is 19.0. The highest BCUT2D eigenvalue weighted by Crippen LogP contribution is 2.26. The quantitative estimate of drug-likeness (QED) is 0.340. The molecule has 0 unspecified atom stereocenters. The summed E-state index contributed by atoms with van der Waals surface area (Å²) in [5.74, 6) is 0.374. The molecule has 0 saturated heterocycles. The molecule has 4 rings (SSSR count). The van der Waals surface area contributed by atoms with Crippen LogP contribution in [0.4, 0.5) is 0 Å². The van der Waals surface area contributed by atoms with Gasteiger partial charge in [0.05, 0.1) is 5.75 Å². The average Bonchev–Trinajstić information content (AvgIpc) is 3.21. The first-order chi connectivity index (χ1) is 13.0. The van der Waals surface area contributed by atoms with Crippen LogP contribution in [0.1, 0.15) is 27.3 Å². The Kier molecular flexibility index (Phi) is 4.62. The first kappa shape index (κ1) is 17.6. The number of fused-ring (bicyclic) bond motifs is 1. The maximum atomic E-state index is 12.8. The fourth-order valence-corrected chi connectivity index (χ4v) is 3.98. The van der Waals surface area contributed by atoms with E-state index >= 15 is 0 Å². The van der Waals surface area contributed by atoms with Crippen molar-refractivity contribution in [1.29, 1.82) is 0 Å². The SMILES string of the molecule is Cc1ccc(-n2c(C)cc(C(=O)CSc3nc4ccccc4o3)c2C)cc1. The second-order valence-electron chi connectivity index (χ2n) is 6.62. The summed E-state index contributed by atoms with van der Waals surface area (Å²) in [4.78, 5) is 17.2. The van der Waals surface area contributed by atoms with E-state index < -0.39 is 0 Å². The number of para-hydroxylation sites is 2. The molecule has 5 heteroatoms. The summed E-state index contributed by atoms with van der Waals surface area (Å²) in [5, 5.41) is 0.525. The third-order valence-electron chi connectivity index (χ3n) is 4.62. The third-order valence-corrected chi connectivity index (χ3v) is 5.45. The number of aromatic nitrogens is 2. The van der Waals surface area contributed by atoms with Crippen molar-refractivity contribution < 1.29 is 9.21 Å². The van der Waals surface area contributed by atoms with Crippen molar-refractivity contribution in [2.24, 2.45) is 0 Å². The summed E-state index contributed by atoms with van der Waals surface area (Å²) in [6, 6.07) is 17.9. The van der Waals surface area contributed by atoms with Crippen LogP contribution in [0.15, 0.2) is 64.2 Å². The lowest BCUT2D eigenvalue weighted by molar-refractivity contribution is 0.102. The van der Waals surface area contributed by atoms with E-state index in [1.54, 1.807) is 0 Å². The van der Waals surface area contributed by atoms with Crippen LogP contribution in [-0.2, 0) is 0 Å². The summed E-state index contributed by atoms with van der Waals surface area (Å²) in [7, 11) is 0. The van der Waals surface area contributed by atoms with Gasteiger partial charge in [-0.05, 0) is 51.1 Å². The van der Waals surface area contributed by atoms with Gasteiger partial charge in [-0.2, -0.15) is 0 Å². The Bertz CT molecular complexity index is 1090. The van der Waals surface area contributed by atoms with Gasteiger partial charge in [-0.3, -0.25) is 4.79 Å². The van der Waals surface area contributed by atoms with E-state index in [1.807, 2.05) is 44.2 Å². The van der Waals surface area contributed by atoms with Crippen molar-refractivity contribution in [3.63, 3.8) is 0 Å². The molecule has 4 nitrogen and oxygen atoms in total. The molecule has 2 aromatic carbocycles. The molecule has 2 heterocycles. The molecular formula is C22H20N2O2S. The second kappa shape index (κ2) is 7.08. The topological polar surface area (TPSA) is 48.0 Å². The number of hydrogen-bond donors (Lipinski definition) is 0. The number of aryl methyl sites for hydroxylation is 2. The van der Waals surface area contributed by atoms with Gasteiger partial charge in [0, 0.05) is 22.6 Å². The van der Waals surface area contributed by atoms with E-state index in [2.05, 4.69) is 40.7 Å². The van der Waals surface area contributed by atoms with Crippen molar-refractivity contribution in [2.45, 2.75) is 26.0 Å². The predicted octanol–water partition coefficient (Wildman–Crippen LogP) is 5.52. The van der Waals surface area contributed by atoms with Crippen LogP contribution in [0.25, 0.3) is 16.8 Å². The summed E-state index contributed by atoms with van der Waals surface area (Å²) >= 11 is 1.33. The summed E-state index contributed by atoms with van der Waals surface area (Å²) in [6.07, 6.45) is 0. The van der Waals surface area contributed by atoms with Gasteiger partial charge in [0.1, 0.15) is 5.52 Å². The highest BCUT2D eigenvalue weighted by Gasteiger charge is 2.18. The van der Waals surface area contributed by atoms with Crippen molar-refractivity contribution >= 4 is 28.6 Å².